The third kappa shape index (κ3) is 4.01. The van der Waals surface area contributed by atoms with Gasteiger partial charge < -0.3 is 5.32 Å². The lowest BCUT2D eigenvalue weighted by Crippen LogP contribution is -2.28. The maximum Gasteiger partial charge on any atom is 0.264 e. The van der Waals surface area contributed by atoms with Crippen molar-refractivity contribution in [1.29, 1.82) is 0 Å². The number of hydrogen-bond donors (Lipinski definition) is 2. The average molecular weight is 444 g/mol. The van der Waals surface area contributed by atoms with E-state index in [0.717, 1.165) is 12.8 Å². The van der Waals surface area contributed by atoms with Crippen LogP contribution in [0.5, 0.6) is 0 Å². The van der Waals surface area contributed by atoms with E-state index >= 15 is 0 Å². The SMILES string of the molecule is CN(c1ccccc1)S(=O)(=O)c1cccc(C(=O)NCc2n[nH]c(=S)n2C2CC2)c1. The van der Waals surface area contributed by atoms with E-state index in [1.165, 1.54) is 23.5 Å². The predicted molar refractivity (Wildman–Crippen MR) is 115 cm³/mol. The Kier molecular flexibility index (Phi) is 5.44. The van der Waals surface area contributed by atoms with Gasteiger partial charge in [0, 0.05) is 18.7 Å². The normalized spacial score (nSPS) is 13.8. The monoisotopic (exact) mass is 443 g/mol. The van der Waals surface area contributed by atoms with E-state index in [-0.39, 0.29) is 22.9 Å². The molecule has 0 aliphatic heterocycles. The summed E-state index contributed by atoms with van der Waals surface area (Å²) in [6, 6.07) is 15.1. The Morgan fingerprint density at radius 2 is 1.97 bits per heavy atom. The van der Waals surface area contributed by atoms with E-state index in [9.17, 15) is 13.2 Å². The van der Waals surface area contributed by atoms with Crippen LogP contribution in [0, 0.1) is 4.77 Å². The number of benzene rings is 2. The highest BCUT2D eigenvalue weighted by molar-refractivity contribution is 7.92. The number of anilines is 1. The highest BCUT2D eigenvalue weighted by Gasteiger charge is 2.27. The summed E-state index contributed by atoms with van der Waals surface area (Å²) in [6.07, 6.45) is 2.09. The zero-order valence-electron chi connectivity index (χ0n) is 16.3. The molecule has 30 heavy (non-hydrogen) atoms. The molecule has 1 saturated carbocycles. The Bertz CT molecular complexity index is 1230. The number of aromatic amines is 1. The van der Waals surface area contributed by atoms with Crippen molar-refractivity contribution in [3.05, 3.63) is 70.8 Å². The Labute approximate surface area is 179 Å². The predicted octanol–water partition coefficient (Wildman–Crippen LogP) is 3.03. The second-order valence-corrected chi connectivity index (χ2v) is 9.42. The van der Waals surface area contributed by atoms with Crippen molar-refractivity contribution in [3.63, 3.8) is 0 Å². The second-order valence-electron chi connectivity index (χ2n) is 7.06. The fourth-order valence-electron chi connectivity index (χ4n) is 3.17. The standard InChI is InChI=1S/C20H21N5O3S2/c1-24(15-7-3-2-4-8-15)30(27,28)17-9-5-6-14(12-17)19(26)21-13-18-22-23-20(29)25(18)16-10-11-16/h2-9,12,16H,10-11,13H2,1H3,(H,21,26)(H,23,29). The van der Waals surface area contributed by atoms with Gasteiger partial charge in [-0.25, -0.2) is 8.42 Å². The summed E-state index contributed by atoms with van der Waals surface area (Å²) in [5.74, 6) is 0.272. The molecule has 3 aromatic rings. The molecular weight excluding hydrogens is 422 g/mol. The number of nitrogens with one attached hydrogen (secondary N) is 2. The summed E-state index contributed by atoms with van der Waals surface area (Å²) in [5.41, 5.74) is 0.792. The van der Waals surface area contributed by atoms with Crippen LogP contribution in [0.2, 0.25) is 0 Å². The van der Waals surface area contributed by atoms with Gasteiger partial charge in [0.25, 0.3) is 15.9 Å². The summed E-state index contributed by atoms with van der Waals surface area (Å²) in [6.45, 7) is 0.198. The number of para-hydroxylation sites is 1. The number of carbonyl (C=O) groups is 1. The van der Waals surface area contributed by atoms with Gasteiger partial charge in [-0.05, 0) is 55.4 Å². The number of sulfonamides is 1. The van der Waals surface area contributed by atoms with Gasteiger partial charge in [0.15, 0.2) is 10.6 Å². The van der Waals surface area contributed by atoms with E-state index in [1.54, 1.807) is 36.4 Å². The minimum absolute atomic E-state index is 0.0437. The molecule has 0 atom stereocenters. The number of carbonyl (C=O) groups excluding carboxylic acids is 1. The van der Waals surface area contributed by atoms with Gasteiger partial charge in [-0.1, -0.05) is 24.3 Å². The largest absolute Gasteiger partial charge is 0.345 e. The lowest BCUT2D eigenvalue weighted by molar-refractivity contribution is 0.0949. The van der Waals surface area contributed by atoms with Gasteiger partial charge in [0.05, 0.1) is 17.1 Å². The molecule has 0 radical (unpaired) electrons. The maximum absolute atomic E-state index is 13.0. The van der Waals surface area contributed by atoms with E-state index in [2.05, 4.69) is 15.5 Å². The van der Waals surface area contributed by atoms with Gasteiger partial charge >= 0.3 is 0 Å². The summed E-state index contributed by atoms with van der Waals surface area (Å²) < 4.78 is 29.6. The average Bonchev–Trinajstić information content (AvgIpc) is 3.54. The molecule has 2 aromatic carbocycles. The number of nitrogens with zero attached hydrogens (tertiary/aromatic N) is 3. The fourth-order valence-corrected chi connectivity index (χ4v) is 4.71. The molecule has 0 bridgehead atoms. The van der Waals surface area contributed by atoms with Gasteiger partial charge in [0.2, 0.25) is 0 Å². The van der Waals surface area contributed by atoms with E-state index in [4.69, 9.17) is 12.2 Å². The molecule has 1 heterocycles. The molecule has 0 saturated heterocycles. The van der Waals surface area contributed by atoms with E-state index in [1.807, 2.05) is 10.6 Å². The smallest absolute Gasteiger partial charge is 0.264 e. The Hall–Kier alpha value is -2.98. The number of rotatable bonds is 7. The first kappa shape index (κ1) is 20.3. The zero-order chi connectivity index (χ0) is 21.3. The van der Waals surface area contributed by atoms with E-state index < -0.39 is 10.0 Å². The molecule has 4 rings (SSSR count). The van der Waals surface area contributed by atoms with Crippen molar-refractivity contribution in [2.45, 2.75) is 30.3 Å². The van der Waals surface area contributed by atoms with Gasteiger partial charge in [-0.15, -0.1) is 0 Å². The number of hydrogen-bond acceptors (Lipinski definition) is 5. The van der Waals surface area contributed by atoms with Crippen molar-refractivity contribution >= 4 is 33.8 Å². The zero-order valence-corrected chi connectivity index (χ0v) is 17.9. The van der Waals surface area contributed by atoms with Crippen LogP contribution in [0.15, 0.2) is 59.5 Å². The van der Waals surface area contributed by atoms with Crippen LogP contribution in [0.3, 0.4) is 0 Å². The lowest BCUT2D eigenvalue weighted by atomic mass is 10.2. The highest BCUT2D eigenvalue weighted by Crippen LogP contribution is 2.35. The third-order valence-electron chi connectivity index (χ3n) is 4.97. The Morgan fingerprint density at radius 3 is 2.67 bits per heavy atom. The molecule has 1 aliphatic carbocycles. The van der Waals surface area contributed by atoms with Crippen molar-refractivity contribution < 1.29 is 13.2 Å². The molecule has 156 valence electrons. The summed E-state index contributed by atoms with van der Waals surface area (Å²) in [5, 5.41) is 9.74. The van der Waals surface area contributed by atoms with Crippen molar-refractivity contribution in [1.82, 2.24) is 20.1 Å². The number of H-pyrrole nitrogens is 1. The van der Waals surface area contributed by atoms with E-state index in [0.29, 0.717) is 22.3 Å². The first-order valence-corrected chi connectivity index (χ1v) is 11.3. The molecule has 1 aliphatic rings. The molecule has 0 unspecified atom stereocenters. The van der Waals surface area contributed by atoms with Crippen LogP contribution in [-0.4, -0.2) is 36.1 Å². The minimum atomic E-state index is -3.80. The quantitative estimate of drug-likeness (QED) is 0.547. The molecule has 10 heteroatoms. The number of amides is 1. The fraction of sp³-hybridized carbons (Fsp3) is 0.250. The van der Waals surface area contributed by atoms with Crippen LogP contribution >= 0.6 is 12.2 Å². The Balaban J connectivity index is 1.51. The second kappa shape index (κ2) is 8.04. The first-order chi connectivity index (χ1) is 14.4. The van der Waals surface area contributed by atoms with Gasteiger partial charge in [0.1, 0.15) is 0 Å². The van der Waals surface area contributed by atoms with Crippen molar-refractivity contribution in [3.8, 4) is 0 Å². The van der Waals surface area contributed by atoms with Gasteiger partial charge in [-0.3, -0.25) is 18.8 Å². The molecule has 1 aromatic heterocycles. The molecule has 1 amide bonds. The Morgan fingerprint density at radius 1 is 1.23 bits per heavy atom. The van der Waals surface area contributed by atoms with Crippen LogP contribution < -0.4 is 9.62 Å². The topological polar surface area (TPSA) is 100 Å². The highest BCUT2D eigenvalue weighted by atomic mass is 32.2. The molecule has 8 nitrogen and oxygen atoms in total. The molecular formula is C20H21N5O3S2. The third-order valence-corrected chi connectivity index (χ3v) is 7.04. The first-order valence-electron chi connectivity index (χ1n) is 9.46. The van der Waals surface area contributed by atoms with Crippen molar-refractivity contribution in [2.75, 3.05) is 11.4 Å². The number of aromatic nitrogens is 3. The van der Waals surface area contributed by atoms with Crippen LogP contribution in [0.25, 0.3) is 0 Å². The lowest BCUT2D eigenvalue weighted by Gasteiger charge is -2.19. The van der Waals surface area contributed by atoms with Gasteiger partial charge in [-0.2, -0.15) is 5.10 Å². The maximum atomic E-state index is 13.0. The molecule has 2 N–H and O–H groups in total. The summed E-state index contributed by atoms with van der Waals surface area (Å²) in [7, 11) is -2.32. The van der Waals surface area contributed by atoms with Crippen molar-refractivity contribution in [2.24, 2.45) is 0 Å². The summed E-state index contributed by atoms with van der Waals surface area (Å²) >= 11 is 5.25. The van der Waals surface area contributed by atoms with Crippen LogP contribution in [0.1, 0.15) is 35.1 Å². The van der Waals surface area contributed by atoms with Crippen LogP contribution in [0.4, 0.5) is 5.69 Å². The minimum Gasteiger partial charge on any atom is -0.345 e. The molecule has 1 fully saturated rings. The molecule has 0 spiro atoms. The van der Waals surface area contributed by atoms with Crippen LogP contribution in [-0.2, 0) is 16.6 Å². The summed E-state index contributed by atoms with van der Waals surface area (Å²) in [4.78, 5) is 12.7.